The lowest BCUT2D eigenvalue weighted by Crippen LogP contribution is -2.23. The summed E-state index contributed by atoms with van der Waals surface area (Å²) >= 11 is 0. The summed E-state index contributed by atoms with van der Waals surface area (Å²) in [6.45, 7) is 12.9. The van der Waals surface area contributed by atoms with Gasteiger partial charge in [-0.15, -0.1) is 0 Å². The molecule has 0 N–H and O–H groups in total. The number of esters is 1. The van der Waals surface area contributed by atoms with E-state index in [1.54, 1.807) is 0 Å². The smallest absolute Gasteiger partial charge is 0.390 e. The fourth-order valence-electron chi connectivity index (χ4n) is 1.59. The predicted octanol–water partition coefficient (Wildman–Crippen LogP) is 2.87. The molecule has 0 saturated carbocycles. The Morgan fingerprint density at radius 2 is 1.89 bits per heavy atom. The third kappa shape index (κ3) is 5.01. The normalized spacial score (nSPS) is 12.4. The SMILES string of the molecule is [C-]#[N+]C(Cc1ccc(OC(C)(C)C)cc1)C(=O)OC. The van der Waals surface area contributed by atoms with Crippen LogP contribution in [0.25, 0.3) is 4.85 Å². The van der Waals surface area contributed by atoms with E-state index < -0.39 is 12.0 Å². The highest BCUT2D eigenvalue weighted by molar-refractivity contribution is 5.77. The highest BCUT2D eigenvalue weighted by atomic mass is 16.5. The van der Waals surface area contributed by atoms with Gasteiger partial charge in [-0.25, -0.2) is 11.4 Å². The summed E-state index contributed by atoms with van der Waals surface area (Å²) in [4.78, 5) is 14.6. The highest BCUT2D eigenvalue weighted by Gasteiger charge is 2.24. The standard InChI is InChI=1S/C15H19NO3/c1-15(2,3)19-12-8-6-11(7-9-12)10-13(16-4)14(17)18-5/h6-9,13H,10H2,1-3,5H3. The minimum atomic E-state index is -0.778. The van der Waals surface area contributed by atoms with Gasteiger partial charge in [0.05, 0.1) is 13.5 Å². The first kappa shape index (κ1) is 15.0. The van der Waals surface area contributed by atoms with Gasteiger partial charge in [-0.1, -0.05) is 12.1 Å². The van der Waals surface area contributed by atoms with Crippen LogP contribution in [0.3, 0.4) is 0 Å². The lowest BCUT2D eigenvalue weighted by atomic mass is 10.1. The van der Waals surface area contributed by atoms with Gasteiger partial charge in [0, 0.05) is 0 Å². The molecule has 0 spiro atoms. The van der Waals surface area contributed by atoms with Crippen molar-refractivity contribution in [2.45, 2.75) is 38.8 Å². The Morgan fingerprint density at radius 3 is 2.32 bits per heavy atom. The predicted molar refractivity (Wildman–Crippen MR) is 72.9 cm³/mol. The second-order valence-electron chi connectivity index (χ2n) is 5.23. The van der Waals surface area contributed by atoms with E-state index in [0.717, 1.165) is 11.3 Å². The van der Waals surface area contributed by atoms with Gasteiger partial charge in [0.1, 0.15) is 11.4 Å². The zero-order chi connectivity index (χ0) is 14.5. The molecule has 1 atom stereocenters. The average Bonchev–Trinajstić information content (AvgIpc) is 2.35. The molecule has 102 valence electrons. The number of carbonyl (C=O) groups is 1. The van der Waals surface area contributed by atoms with Crippen molar-refractivity contribution in [2.24, 2.45) is 0 Å². The fourth-order valence-corrected chi connectivity index (χ4v) is 1.59. The molecule has 0 aromatic heterocycles. The molecule has 0 fully saturated rings. The third-order valence-electron chi connectivity index (χ3n) is 2.41. The van der Waals surface area contributed by atoms with Crippen molar-refractivity contribution in [1.82, 2.24) is 0 Å². The number of methoxy groups -OCH3 is 1. The third-order valence-corrected chi connectivity index (χ3v) is 2.41. The number of benzene rings is 1. The molecule has 0 aliphatic carbocycles. The first-order valence-electron chi connectivity index (χ1n) is 6.08. The number of rotatable bonds is 4. The zero-order valence-corrected chi connectivity index (χ0v) is 11.8. The first-order valence-corrected chi connectivity index (χ1v) is 6.08. The van der Waals surface area contributed by atoms with Crippen LogP contribution >= 0.6 is 0 Å². The molecular weight excluding hydrogens is 242 g/mol. The molecule has 0 radical (unpaired) electrons. The van der Waals surface area contributed by atoms with Crippen molar-refractivity contribution in [3.05, 3.63) is 41.2 Å². The Kier molecular flexibility index (Phi) is 4.94. The van der Waals surface area contributed by atoms with Gasteiger partial charge < -0.3 is 14.3 Å². The molecule has 19 heavy (non-hydrogen) atoms. The van der Waals surface area contributed by atoms with Crippen molar-refractivity contribution < 1.29 is 14.3 Å². The van der Waals surface area contributed by atoms with E-state index >= 15 is 0 Å². The summed E-state index contributed by atoms with van der Waals surface area (Å²) in [5, 5.41) is 0. The summed E-state index contributed by atoms with van der Waals surface area (Å²) in [6, 6.07) is 6.64. The average molecular weight is 261 g/mol. The number of hydrogen-bond acceptors (Lipinski definition) is 3. The van der Waals surface area contributed by atoms with Crippen LogP contribution in [0.2, 0.25) is 0 Å². The van der Waals surface area contributed by atoms with Crippen LogP contribution in [0.5, 0.6) is 5.75 Å². The molecule has 4 heteroatoms. The van der Waals surface area contributed by atoms with Crippen molar-refractivity contribution >= 4 is 5.97 Å². The van der Waals surface area contributed by atoms with Crippen LogP contribution < -0.4 is 4.74 Å². The van der Waals surface area contributed by atoms with E-state index in [1.807, 2.05) is 45.0 Å². The van der Waals surface area contributed by atoms with E-state index in [1.165, 1.54) is 7.11 Å². The van der Waals surface area contributed by atoms with Crippen LogP contribution in [-0.2, 0) is 16.0 Å². The van der Waals surface area contributed by atoms with E-state index in [-0.39, 0.29) is 5.60 Å². The molecule has 0 aliphatic heterocycles. The maximum atomic E-state index is 11.3. The van der Waals surface area contributed by atoms with Crippen LogP contribution in [-0.4, -0.2) is 24.7 Å². The first-order chi connectivity index (χ1) is 8.85. The van der Waals surface area contributed by atoms with Gasteiger partial charge in [0.2, 0.25) is 0 Å². The Hall–Kier alpha value is -2.02. The van der Waals surface area contributed by atoms with Crippen molar-refractivity contribution in [3.63, 3.8) is 0 Å². The molecule has 1 unspecified atom stereocenters. The van der Waals surface area contributed by atoms with Crippen LogP contribution in [0.15, 0.2) is 24.3 Å². The second kappa shape index (κ2) is 6.24. The molecule has 0 amide bonds. The Labute approximate surface area is 114 Å². The molecule has 0 heterocycles. The van der Waals surface area contributed by atoms with E-state index in [9.17, 15) is 4.79 Å². The zero-order valence-electron chi connectivity index (χ0n) is 11.8. The molecule has 0 aliphatic rings. The number of carbonyl (C=O) groups excluding carboxylic acids is 1. The summed E-state index contributed by atoms with van der Waals surface area (Å²) in [6.07, 6.45) is 0.353. The molecule has 1 rings (SSSR count). The summed E-state index contributed by atoms with van der Waals surface area (Å²) in [5.74, 6) is 0.277. The van der Waals surface area contributed by atoms with Crippen LogP contribution in [0.4, 0.5) is 0 Å². The van der Waals surface area contributed by atoms with Gasteiger partial charge in [0.25, 0.3) is 0 Å². The summed E-state index contributed by atoms with van der Waals surface area (Å²) < 4.78 is 10.3. The lowest BCUT2D eigenvalue weighted by molar-refractivity contribution is -0.141. The monoisotopic (exact) mass is 261 g/mol. The Balaban J connectivity index is 2.72. The number of ether oxygens (including phenoxy) is 2. The van der Waals surface area contributed by atoms with Gasteiger partial charge in [-0.3, -0.25) is 0 Å². The maximum absolute atomic E-state index is 11.3. The van der Waals surface area contributed by atoms with Gasteiger partial charge in [-0.05, 0) is 38.5 Å². The molecule has 0 saturated heterocycles. The summed E-state index contributed by atoms with van der Waals surface area (Å²) in [5.41, 5.74) is 0.666. The van der Waals surface area contributed by atoms with Crippen molar-refractivity contribution in [2.75, 3.05) is 7.11 Å². The lowest BCUT2D eigenvalue weighted by Gasteiger charge is -2.21. The highest BCUT2D eigenvalue weighted by Crippen LogP contribution is 2.19. The fraction of sp³-hybridized carbons (Fsp3) is 0.467. The number of nitrogens with zero attached hydrogens (tertiary/aromatic N) is 1. The molecule has 4 nitrogen and oxygen atoms in total. The van der Waals surface area contributed by atoms with E-state index in [4.69, 9.17) is 11.3 Å². The Bertz CT molecular complexity index is 466. The van der Waals surface area contributed by atoms with E-state index in [0.29, 0.717) is 6.42 Å². The summed E-state index contributed by atoms with van der Waals surface area (Å²) in [7, 11) is 1.29. The van der Waals surface area contributed by atoms with Crippen LogP contribution in [0.1, 0.15) is 26.3 Å². The Morgan fingerprint density at radius 1 is 1.32 bits per heavy atom. The minimum Gasteiger partial charge on any atom is -0.488 e. The molecule has 1 aromatic carbocycles. The second-order valence-corrected chi connectivity index (χ2v) is 5.23. The largest absolute Gasteiger partial charge is 0.488 e. The maximum Gasteiger partial charge on any atom is 0.390 e. The van der Waals surface area contributed by atoms with Gasteiger partial charge >= 0.3 is 12.0 Å². The molecule has 0 bridgehead atoms. The van der Waals surface area contributed by atoms with Gasteiger partial charge in [0.15, 0.2) is 0 Å². The topological polar surface area (TPSA) is 39.9 Å². The molecular formula is C15H19NO3. The minimum absolute atomic E-state index is 0.243. The van der Waals surface area contributed by atoms with Crippen molar-refractivity contribution in [1.29, 1.82) is 0 Å². The number of hydrogen-bond donors (Lipinski definition) is 0. The quantitative estimate of drug-likeness (QED) is 0.618. The molecule has 1 aromatic rings. The van der Waals surface area contributed by atoms with Crippen LogP contribution in [0, 0.1) is 6.57 Å². The van der Waals surface area contributed by atoms with E-state index in [2.05, 4.69) is 9.58 Å². The van der Waals surface area contributed by atoms with Crippen molar-refractivity contribution in [3.8, 4) is 5.75 Å². The van der Waals surface area contributed by atoms with Gasteiger partial charge in [-0.2, -0.15) is 0 Å².